The fraction of sp³-hybridized carbons (Fsp3) is 1.00. The monoisotopic (exact) mass is 162 g/mol. The van der Waals surface area contributed by atoms with Crippen LogP contribution in [0.25, 0.3) is 0 Å². The third kappa shape index (κ3) is 0.285. The van der Waals surface area contributed by atoms with Crippen LogP contribution in [0.5, 0.6) is 0 Å². The van der Waals surface area contributed by atoms with Crippen molar-refractivity contribution in [3.63, 3.8) is 0 Å². The van der Waals surface area contributed by atoms with Crippen molar-refractivity contribution in [1.82, 2.24) is 0 Å². The molecular weight excluding hydrogens is 148 g/mol. The predicted octanol–water partition coefficient (Wildman–Crippen LogP) is 1.27. The largest absolute Gasteiger partial charge is 0.389 e. The van der Waals surface area contributed by atoms with Gasteiger partial charge >= 0.3 is 0 Å². The van der Waals surface area contributed by atoms with E-state index in [4.69, 9.17) is 0 Å². The van der Waals surface area contributed by atoms with Gasteiger partial charge in [-0.1, -0.05) is 0 Å². The molecule has 8 atom stereocenters. The summed E-state index contributed by atoms with van der Waals surface area (Å²) in [7, 11) is 0. The Morgan fingerprint density at radius 2 is 1.83 bits per heavy atom. The van der Waals surface area contributed by atoms with Gasteiger partial charge in [-0.15, -0.1) is 0 Å². The maximum Gasteiger partial charge on any atom is 0.0715 e. The second-order valence-corrected chi connectivity index (χ2v) is 6.03. The first kappa shape index (κ1) is 5.64. The second-order valence-electron chi connectivity index (χ2n) is 6.03. The van der Waals surface area contributed by atoms with Gasteiger partial charge in [-0.25, -0.2) is 0 Å². The molecule has 6 bridgehead atoms. The van der Waals surface area contributed by atoms with Crippen molar-refractivity contribution >= 4 is 0 Å². The van der Waals surface area contributed by atoms with Gasteiger partial charge in [0.1, 0.15) is 0 Å². The minimum atomic E-state index is -0.127. The number of hydrogen-bond acceptors (Lipinski definition) is 1. The Labute approximate surface area is 72.2 Å². The number of aliphatic hydroxyl groups is 1. The highest BCUT2D eigenvalue weighted by Gasteiger charge is 2.82. The summed E-state index contributed by atoms with van der Waals surface area (Å²) in [6.45, 7) is 0. The molecule has 64 valence electrons. The Morgan fingerprint density at radius 3 is 2.67 bits per heavy atom. The van der Waals surface area contributed by atoms with Gasteiger partial charge in [-0.2, -0.15) is 0 Å². The summed E-state index contributed by atoms with van der Waals surface area (Å²) in [6, 6.07) is 0. The standard InChI is InChI=1S/C11H14O/c12-11-3-7-5-1-4-6(10(5)11)2-8(11)9(4)7/h4-10,12H,1-3H2/t4-,5-,6+,7+,8-,9+,10+,11+/m1/s1. The van der Waals surface area contributed by atoms with Crippen molar-refractivity contribution in [2.24, 2.45) is 41.4 Å². The van der Waals surface area contributed by atoms with Crippen molar-refractivity contribution in [2.45, 2.75) is 24.9 Å². The topological polar surface area (TPSA) is 20.2 Å². The molecule has 0 aromatic rings. The lowest BCUT2D eigenvalue weighted by molar-refractivity contribution is -0.0539. The highest BCUT2D eigenvalue weighted by Crippen LogP contribution is 2.83. The molecule has 0 aromatic heterocycles. The zero-order chi connectivity index (χ0) is 7.66. The minimum Gasteiger partial charge on any atom is -0.389 e. The lowest BCUT2D eigenvalue weighted by Gasteiger charge is -2.39. The summed E-state index contributed by atoms with van der Waals surface area (Å²) in [5.74, 6) is 6.56. The van der Waals surface area contributed by atoms with Crippen LogP contribution >= 0.6 is 0 Å². The first-order valence-corrected chi connectivity index (χ1v) is 5.53. The van der Waals surface area contributed by atoms with Crippen molar-refractivity contribution in [3.8, 4) is 0 Å². The molecule has 0 unspecified atom stereocenters. The predicted molar refractivity (Wildman–Crippen MR) is 43.2 cm³/mol. The Balaban J connectivity index is 1.93. The van der Waals surface area contributed by atoms with Crippen LogP contribution < -0.4 is 0 Å². The summed E-state index contributed by atoms with van der Waals surface area (Å²) < 4.78 is 0. The van der Waals surface area contributed by atoms with E-state index >= 15 is 0 Å². The molecule has 0 spiro atoms. The van der Waals surface area contributed by atoms with Gasteiger partial charge in [0.05, 0.1) is 5.60 Å². The van der Waals surface area contributed by atoms with E-state index in [1.165, 1.54) is 19.3 Å². The van der Waals surface area contributed by atoms with E-state index in [0.717, 1.165) is 41.4 Å². The zero-order valence-corrected chi connectivity index (χ0v) is 7.11. The Bertz CT molecular complexity index is 297. The molecule has 0 saturated heterocycles. The normalized spacial score (nSPS) is 85.2. The van der Waals surface area contributed by atoms with Gasteiger partial charge in [0.15, 0.2) is 0 Å². The number of rotatable bonds is 0. The van der Waals surface area contributed by atoms with Crippen LogP contribution in [0.4, 0.5) is 0 Å². The molecule has 6 saturated carbocycles. The molecule has 0 radical (unpaired) electrons. The quantitative estimate of drug-likeness (QED) is 0.568. The summed E-state index contributed by atoms with van der Waals surface area (Å²) >= 11 is 0. The fourth-order valence-electron chi connectivity index (χ4n) is 6.55. The molecule has 0 aromatic carbocycles. The van der Waals surface area contributed by atoms with E-state index < -0.39 is 0 Å². The van der Waals surface area contributed by atoms with Gasteiger partial charge in [-0.05, 0) is 60.7 Å². The van der Waals surface area contributed by atoms with E-state index in [0.29, 0.717) is 0 Å². The van der Waals surface area contributed by atoms with Crippen molar-refractivity contribution in [1.29, 1.82) is 0 Å². The fourth-order valence-corrected chi connectivity index (χ4v) is 6.55. The summed E-state index contributed by atoms with van der Waals surface area (Å²) in [5, 5.41) is 10.5. The molecule has 1 heteroatoms. The van der Waals surface area contributed by atoms with Gasteiger partial charge in [0, 0.05) is 0 Å². The van der Waals surface area contributed by atoms with Crippen molar-refractivity contribution in [3.05, 3.63) is 0 Å². The zero-order valence-electron chi connectivity index (χ0n) is 7.11. The van der Waals surface area contributed by atoms with Crippen LogP contribution in [0, 0.1) is 41.4 Å². The van der Waals surface area contributed by atoms with E-state index in [-0.39, 0.29) is 5.60 Å². The molecule has 0 aliphatic heterocycles. The molecule has 6 aliphatic carbocycles. The molecule has 0 amide bonds. The Kier molecular flexibility index (Phi) is 0.569. The van der Waals surface area contributed by atoms with E-state index in [2.05, 4.69) is 0 Å². The second kappa shape index (κ2) is 1.21. The maximum absolute atomic E-state index is 10.5. The van der Waals surface area contributed by atoms with Crippen molar-refractivity contribution in [2.75, 3.05) is 0 Å². The van der Waals surface area contributed by atoms with Gasteiger partial charge in [0.2, 0.25) is 0 Å². The molecule has 6 fully saturated rings. The highest BCUT2D eigenvalue weighted by molar-refractivity contribution is 5.31. The van der Waals surface area contributed by atoms with Gasteiger partial charge in [0.25, 0.3) is 0 Å². The SMILES string of the molecule is O[C@@]12C[C@H]3[C@H]4C[C@@H]5[C@H](C[C@@H]1[C@@H]53)[C@H]42. The lowest BCUT2D eigenvalue weighted by atomic mass is 9.69. The minimum absolute atomic E-state index is 0.127. The lowest BCUT2D eigenvalue weighted by Crippen LogP contribution is -2.43. The van der Waals surface area contributed by atoms with Crippen LogP contribution in [0.15, 0.2) is 0 Å². The van der Waals surface area contributed by atoms with Crippen LogP contribution in [-0.4, -0.2) is 10.7 Å². The Hall–Kier alpha value is -0.0400. The van der Waals surface area contributed by atoms with Crippen LogP contribution in [0.3, 0.4) is 0 Å². The van der Waals surface area contributed by atoms with Crippen LogP contribution in [-0.2, 0) is 0 Å². The third-order valence-corrected chi connectivity index (χ3v) is 6.33. The maximum atomic E-state index is 10.5. The van der Waals surface area contributed by atoms with Crippen molar-refractivity contribution < 1.29 is 5.11 Å². The van der Waals surface area contributed by atoms with Gasteiger partial charge < -0.3 is 5.11 Å². The van der Waals surface area contributed by atoms with Crippen LogP contribution in [0.1, 0.15) is 19.3 Å². The third-order valence-electron chi connectivity index (χ3n) is 6.33. The Morgan fingerprint density at radius 1 is 1.00 bits per heavy atom. The molecule has 0 heterocycles. The molecule has 6 rings (SSSR count). The first-order valence-electron chi connectivity index (χ1n) is 5.53. The first-order chi connectivity index (χ1) is 5.81. The van der Waals surface area contributed by atoms with Crippen LogP contribution in [0.2, 0.25) is 0 Å². The molecule has 12 heavy (non-hydrogen) atoms. The molecule has 6 aliphatic rings. The molecular formula is C11H14O. The summed E-state index contributed by atoms with van der Waals surface area (Å²) in [6.07, 6.45) is 4.11. The van der Waals surface area contributed by atoms with E-state index in [1.54, 1.807) is 0 Å². The van der Waals surface area contributed by atoms with E-state index in [9.17, 15) is 5.11 Å². The average molecular weight is 162 g/mol. The molecule has 1 N–H and O–H groups in total. The smallest absolute Gasteiger partial charge is 0.0715 e. The summed E-state index contributed by atoms with van der Waals surface area (Å²) in [4.78, 5) is 0. The average Bonchev–Trinajstić information content (AvgIpc) is 2.55. The van der Waals surface area contributed by atoms with E-state index in [1.807, 2.05) is 0 Å². The van der Waals surface area contributed by atoms with Gasteiger partial charge in [-0.3, -0.25) is 0 Å². The summed E-state index contributed by atoms with van der Waals surface area (Å²) in [5.41, 5.74) is -0.127. The molecule has 1 nitrogen and oxygen atoms in total. The number of hydrogen-bond donors (Lipinski definition) is 1. The highest BCUT2D eigenvalue weighted by atomic mass is 16.3.